The summed E-state index contributed by atoms with van der Waals surface area (Å²) in [5.41, 5.74) is 3.38. The highest BCUT2D eigenvalue weighted by Gasteiger charge is 2.19. The van der Waals surface area contributed by atoms with Crippen molar-refractivity contribution in [2.45, 2.75) is 59.8 Å². The van der Waals surface area contributed by atoms with Crippen LogP contribution in [0.1, 0.15) is 57.6 Å². The van der Waals surface area contributed by atoms with Gasteiger partial charge in [-0.2, -0.15) is 11.8 Å². The third-order valence-corrected chi connectivity index (χ3v) is 4.75. The van der Waals surface area contributed by atoms with Crippen LogP contribution in [-0.2, 0) is 6.42 Å². The molecule has 2 rings (SSSR count). The van der Waals surface area contributed by atoms with Crippen molar-refractivity contribution in [2.75, 3.05) is 32.1 Å². The van der Waals surface area contributed by atoms with Gasteiger partial charge in [-0.3, -0.25) is 0 Å². The van der Waals surface area contributed by atoms with Crippen LogP contribution in [0, 0.1) is 18.3 Å². The van der Waals surface area contributed by atoms with Gasteiger partial charge in [0.15, 0.2) is 0 Å². The van der Waals surface area contributed by atoms with Gasteiger partial charge in [0.25, 0.3) is 0 Å². The fraction of sp³-hybridized carbons (Fsp3) is 0.727. The van der Waals surface area contributed by atoms with Gasteiger partial charge in [-0.05, 0) is 88.1 Å². The molecule has 0 amide bonds. The second kappa shape index (κ2) is 11.2. The average molecular weight is 350 g/mol. The van der Waals surface area contributed by atoms with Crippen LogP contribution in [0.15, 0.2) is 24.3 Å². The van der Waals surface area contributed by atoms with Gasteiger partial charge in [-0.25, -0.2) is 0 Å². The zero-order chi connectivity index (χ0) is 18.0. The highest BCUT2D eigenvalue weighted by molar-refractivity contribution is 7.97. The fourth-order valence-electron chi connectivity index (χ4n) is 3.30. The van der Waals surface area contributed by atoms with Gasteiger partial charge in [-0.15, -0.1) is 0 Å². The summed E-state index contributed by atoms with van der Waals surface area (Å²) in [7, 11) is 0. The Bertz CT molecular complexity index is 424. The topological polar surface area (TPSA) is 3.24 Å². The first kappa shape index (κ1) is 21.6. The summed E-state index contributed by atoms with van der Waals surface area (Å²) < 4.78 is 0. The summed E-state index contributed by atoms with van der Waals surface area (Å²) in [6, 6.07) is 9.12. The Balaban J connectivity index is 0.000000891. The molecule has 0 spiro atoms. The molecule has 0 aromatic heterocycles. The summed E-state index contributed by atoms with van der Waals surface area (Å²) in [5.74, 6) is 0.895. The Morgan fingerprint density at radius 1 is 1.04 bits per heavy atom. The minimum Gasteiger partial charge on any atom is -0.303 e. The van der Waals surface area contributed by atoms with Crippen molar-refractivity contribution in [1.29, 1.82) is 0 Å². The lowest BCUT2D eigenvalue weighted by Crippen LogP contribution is -2.35. The van der Waals surface area contributed by atoms with Crippen molar-refractivity contribution in [3.63, 3.8) is 0 Å². The van der Waals surface area contributed by atoms with Crippen LogP contribution in [0.25, 0.3) is 0 Å². The molecule has 1 aliphatic heterocycles. The van der Waals surface area contributed by atoms with Crippen LogP contribution in [0.4, 0.5) is 0 Å². The SMILES string of the molecule is CSC.Cc1ccc(CC2CCN(CCCC(C)(C)C)CC2)cc1. The van der Waals surface area contributed by atoms with Crippen LogP contribution in [0.5, 0.6) is 0 Å². The van der Waals surface area contributed by atoms with Crippen molar-refractivity contribution in [3.05, 3.63) is 35.4 Å². The van der Waals surface area contributed by atoms with Gasteiger partial charge in [0, 0.05) is 0 Å². The minimum atomic E-state index is 0.490. The Kier molecular flexibility index (Phi) is 10.1. The van der Waals surface area contributed by atoms with E-state index in [4.69, 9.17) is 0 Å². The zero-order valence-corrected chi connectivity index (χ0v) is 17.7. The lowest BCUT2D eigenvalue weighted by Gasteiger charge is -2.32. The van der Waals surface area contributed by atoms with Crippen molar-refractivity contribution in [2.24, 2.45) is 11.3 Å². The highest BCUT2D eigenvalue weighted by Crippen LogP contribution is 2.24. The number of thioether (sulfide) groups is 1. The molecular formula is C22H39NS. The molecule has 0 unspecified atom stereocenters. The number of aryl methyl sites for hydroxylation is 1. The Morgan fingerprint density at radius 2 is 1.58 bits per heavy atom. The average Bonchev–Trinajstić information content (AvgIpc) is 2.51. The first-order valence-corrected chi connectivity index (χ1v) is 11.2. The molecule has 1 fully saturated rings. The van der Waals surface area contributed by atoms with Crippen molar-refractivity contribution < 1.29 is 0 Å². The summed E-state index contributed by atoms with van der Waals surface area (Å²) in [4.78, 5) is 2.68. The molecule has 1 saturated heterocycles. The van der Waals surface area contributed by atoms with Gasteiger partial charge >= 0.3 is 0 Å². The van der Waals surface area contributed by atoms with E-state index in [1.807, 2.05) is 12.5 Å². The summed E-state index contributed by atoms with van der Waals surface area (Å²) in [6.45, 7) is 13.1. The number of benzene rings is 1. The van der Waals surface area contributed by atoms with E-state index in [1.165, 1.54) is 62.9 Å². The first-order valence-electron chi connectivity index (χ1n) is 9.52. The van der Waals surface area contributed by atoms with E-state index in [9.17, 15) is 0 Å². The molecule has 1 aliphatic rings. The molecule has 0 radical (unpaired) electrons. The normalized spacial score (nSPS) is 16.6. The third-order valence-electron chi connectivity index (χ3n) is 4.75. The van der Waals surface area contributed by atoms with E-state index in [0.717, 1.165) is 5.92 Å². The summed E-state index contributed by atoms with van der Waals surface area (Å²) >= 11 is 1.75. The number of likely N-dealkylation sites (tertiary alicyclic amines) is 1. The van der Waals surface area contributed by atoms with Crippen molar-refractivity contribution >= 4 is 11.8 Å². The predicted octanol–water partition coefficient (Wildman–Crippen LogP) is 6.06. The summed E-state index contributed by atoms with van der Waals surface area (Å²) in [5, 5.41) is 0. The predicted molar refractivity (Wildman–Crippen MR) is 112 cm³/mol. The molecule has 138 valence electrons. The lowest BCUT2D eigenvalue weighted by molar-refractivity contribution is 0.174. The number of piperidine rings is 1. The molecule has 2 heteroatoms. The summed E-state index contributed by atoms with van der Waals surface area (Å²) in [6.07, 6.45) is 10.8. The standard InChI is InChI=1S/C20H33N.C2H6S/c1-17-6-8-18(9-7-17)16-19-10-14-21(15-11-19)13-5-12-20(2,3)4;1-3-2/h6-9,19H,5,10-16H2,1-4H3;1-2H3. The molecule has 0 bridgehead atoms. The van der Waals surface area contributed by atoms with Crippen LogP contribution in [0.2, 0.25) is 0 Å². The maximum Gasteiger partial charge on any atom is -0.00160 e. The van der Waals surface area contributed by atoms with E-state index in [0.29, 0.717) is 5.41 Å². The van der Waals surface area contributed by atoms with E-state index in [-0.39, 0.29) is 0 Å². The largest absolute Gasteiger partial charge is 0.303 e. The second-order valence-electron chi connectivity index (χ2n) is 8.55. The molecule has 0 aliphatic carbocycles. The lowest BCUT2D eigenvalue weighted by atomic mass is 9.88. The fourth-order valence-corrected chi connectivity index (χ4v) is 3.30. The molecule has 0 saturated carbocycles. The van der Waals surface area contributed by atoms with Gasteiger partial charge in [0.05, 0.1) is 0 Å². The van der Waals surface area contributed by atoms with Crippen molar-refractivity contribution in [1.82, 2.24) is 4.90 Å². The molecule has 1 nitrogen and oxygen atoms in total. The van der Waals surface area contributed by atoms with E-state index in [2.05, 4.69) is 56.9 Å². The zero-order valence-electron chi connectivity index (χ0n) is 16.9. The van der Waals surface area contributed by atoms with Crippen LogP contribution in [-0.4, -0.2) is 37.0 Å². The number of nitrogens with zero attached hydrogens (tertiary/aromatic N) is 1. The number of hydrogen-bond donors (Lipinski definition) is 0. The monoisotopic (exact) mass is 349 g/mol. The highest BCUT2D eigenvalue weighted by atomic mass is 32.2. The second-order valence-corrected chi connectivity index (χ2v) is 9.36. The van der Waals surface area contributed by atoms with Gasteiger partial charge in [0.1, 0.15) is 0 Å². The van der Waals surface area contributed by atoms with E-state index in [1.54, 1.807) is 11.8 Å². The first-order chi connectivity index (χ1) is 11.3. The molecular weight excluding hydrogens is 310 g/mol. The molecule has 0 N–H and O–H groups in total. The minimum absolute atomic E-state index is 0.490. The molecule has 1 heterocycles. The Hall–Kier alpha value is -0.470. The van der Waals surface area contributed by atoms with Gasteiger partial charge < -0.3 is 4.90 Å². The van der Waals surface area contributed by atoms with Crippen LogP contribution < -0.4 is 0 Å². The van der Waals surface area contributed by atoms with Crippen LogP contribution >= 0.6 is 11.8 Å². The van der Waals surface area contributed by atoms with Gasteiger partial charge in [0.2, 0.25) is 0 Å². The third kappa shape index (κ3) is 9.74. The smallest absolute Gasteiger partial charge is 0.00160 e. The maximum absolute atomic E-state index is 2.68. The van der Waals surface area contributed by atoms with Gasteiger partial charge in [-0.1, -0.05) is 50.6 Å². The van der Waals surface area contributed by atoms with E-state index >= 15 is 0 Å². The van der Waals surface area contributed by atoms with Crippen molar-refractivity contribution in [3.8, 4) is 0 Å². The maximum atomic E-state index is 2.68. The number of hydrogen-bond acceptors (Lipinski definition) is 2. The molecule has 24 heavy (non-hydrogen) atoms. The molecule has 1 aromatic rings. The van der Waals surface area contributed by atoms with Crippen LogP contribution in [0.3, 0.4) is 0 Å². The number of rotatable bonds is 5. The molecule has 0 atom stereocenters. The van der Waals surface area contributed by atoms with E-state index < -0.39 is 0 Å². The molecule has 1 aromatic carbocycles. The quantitative estimate of drug-likeness (QED) is 0.636. The Labute approximate surface area is 155 Å². The Morgan fingerprint density at radius 3 is 2.08 bits per heavy atom.